The second kappa shape index (κ2) is 8.15. The van der Waals surface area contributed by atoms with Gasteiger partial charge in [0.05, 0.1) is 28.7 Å². The Balaban J connectivity index is 1.66. The van der Waals surface area contributed by atoms with Crippen LogP contribution in [0.3, 0.4) is 0 Å². The van der Waals surface area contributed by atoms with Gasteiger partial charge < -0.3 is 14.8 Å². The predicted molar refractivity (Wildman–Crippen MR) is 127 cm³/mol. The van der Waals surface area contributed by atoms with Gasteiger partial charge in [0.25, 0.3) is 0 Å². The van der Waals surface area contributed by atoms with Gasteiger partial charge in [0.15, 0.2) is 5.43 Å². The van der Waals surface area contributed by atoms with Crippen LogP contribution < -0.4 is 10.7 Å². The number of carboxylic acid groups (broad SMARTS) is 1. The van der Waals surface area contributed by atoms with E-state index in [1.165, 1.54) is 35.1 Å². The topological polar surface area (TPSA) is 97.4 Å². The maximum Gasteiger partial charge on any atom is 0.337 e. The van der Waals surface area contributed by atoms with E-state index >= 15 is 0 Å². The summed E-state index contributed by atoms with van der Waals surface area (Å²) in [5.74, 6) is -1.23. The molecule has 5 aromatic rings. The standard InChI is InChI=1S/C26H20FN3O4/c1-14-9-19(15(2)29-21-6-4-3-5-18(21)26(32)33)25-20(10-14)23(31)12-24(34-25)30-22-8-7-17(27)11-16(22)13-28-30/h3-13,15,29H,1-2H3,(H,32,33). The van der Waals surface area contributed by atoms with Crippen molar-refractivity contribution in [3.05, 3.63) is 99.6 Å². The van der Waals surface area contributed by atoms with E-state index in [1.54, 1.807) is 30.3 Å². The number of nitrogens with one attached hydrogen (secondary N) is 1. The lowest BCUT2D eigenvalue weighted by molar-refractivity contribution is 0.0698. The molecule has 5 rings (SSSR count). The van der Waals surface area contributed by atoms with Gasteiger partial charge in [0, 0.05) is 22.7 Å². The number of aromatic carboxylic acids is 1. The Bertz CT molecular complexity index is 1640. The van der Waals surface area contributed by atoms with Crippen LogP contribution in [0, 0.1) is 12.7 Å². The van der Waals surface area contributed by atoms with Crippen LogP contribution >= 0.6 is 0 Å². The lowest BCUT2D eigenvalue weighted by atomic mass is 10.0. The van der Waals surface area contributed by atoms with Crippen molar-refractivity contribution in [1.29, 1.82) is 0 Å². The fraction of sp³-hybridized carbons (Fsp3) is 0.115. The first-order valence-corrected chi connectivity index (χ1v) is 10.6. The Morgan fingerprint density at radius 1 is 1.15 bits per heavy atom. The summed E-state index contributed by atoms with van der Waals surface area (Å²) in [6.07, 6.45) is 1.51. The van der Waals surface area contributed by atoms with E-state index < -0.39 is 5.97 Å². The second-order valence-corrected chi connectivity index (χ2v) is 8.16. The van der Waals surface area contributed by atoms with E-state index in [4.69, 9.17) is 4.42 Å². The fourth-order valence-electron chi connectivity index (χ4n) is 4.13. The normalized spacial score (nSPS) is 12.2. The smallest absolute Gasteiger partial charge is 0.337 e. The summed E-state index contributed by atoms with van der Waals surface area (Å²) in [6.45, 7) is 3.75. The molecule has 0 bridgehead atoms. The Morgan fingerprint density at radius 2 is 1.94 bits per heavy atom. The number of anilines is 1. The van der Waals surface area contributed by atoms with Gasteiger partial charge in [-0.3, -0.25) is 4.79 Å². The SMILES string of the molecule is Cc1cc(C(C)Nc2ccccc2C(=O)O)c2oc(-n3ncc4cc(F)ccc43)cc(=O)c2c1. The number of aromatic nitrogens is 2. The fourth-order valence-corrected chi connectivity index (χ4v) is 4.13. The lowest BCUT2D eigenvalue weighted by Crippen LogP contribution is -2.13. The van der Waals surface area contributed by atoms with Crippen LogP contribution in [0.25, 0.3) is 27.8 Å². The molecule has 0 aliphatic rings. The molecule has 0 aliphatic heterocycles. The summed E-state index contributed by atoms with van der Waals surface area (Å²) in [7, 11) is 0. The molecular weight excluding hydrogens is 437 g/mol. The summed E-state index contributed by atoms with van der Waals surface area (Å²) in [6, 6.07) is 15.5. The van der Waals surface area contributed by atoms with Crippen molar-refractivity contribution in [3.63, 3.8) is 0 Å². The number of fused-ring (bicyclic) bond motifs is 2. The largest absolute Gasteiger partial charge is 0.478 e. The van der Waals surface area contributed by atoms with Gasteiger partial charge in [-0.2, -0.15) is 9.78 Å². The highest BCUT2D eigenvalue weighted by atomic mass is 19.1. The van der Waals surface area contributed by atoms with E-state index in [2.05, 4.69) is 10.4 Å². The van der Waals surface area contributed by atoms with Gasteiger partial charge in [-0.25, -0.2) is 9.18 Å². The molecule has 8 heteroatoms. The minimum Gasteiger partial charge on any atom is -0.478 e. The van der Waals surface area contributed by atoms with Gasteiger partial charge >= 0.3 is 5.97 Å². The first-order chi connectivity index (χ1) is 16.3. The van der Waals surface area contributed by atoms with Crippen LogP contribution in [-0.4, -0.2) is 20.9 Å². The molecule has 0 saturated heterocycles. The molecule has 0 fully saturated rings. The third kappa shape index (κ3) is 3.69. The van der Waals surface area contributed by atoms with Crippen LogP contribution in [0.4, 0.5) is 10.1 Å². The Hall–Kier alpha value is -4.46. The minimum absolute atomic E-state index is 0.142. The molecule has 3 aromatic carbocycles. The van der Waals surface area contributed by atoms with E-state index in [0.717, 1.165) is 5.56 Å². The molecule has 2 aromatic heterocycles. The van der Waals surface area contributed by atoms with Gasteiger partial charge in [0.2, 0.25) is 5.88 Å². The van der Waals surface area contributed by atoms with Crippen molar-refractivity contribution >= 4 is 33.5 Å². The number of hydrogen-bond acceptors (Lipinski definition) is 5. The number of aryl methyl sites for hydroxylation is 1. The van der Waals surface area contributed by atoms with Crippen LogP contribution in [-0.2, 0) is 0 Å². The molecule has 0 radical (unpaired) electrons. The Labute approximate surface area is 193 Å². The van der Waals surface area contributed by atoms with E-state index in [1.807, 2.05) is 19.9 Å². The highest BCUT2D eigenvalue weighted by Gasteiger charge is 2.19. The van der Waals surface area contributed by atoms with Crippen LogP contribution in [0.15, 0.2) is 76.1 Å². The third-order valence-electron chi connectivity index (χ3n) is 5.72. The molecule has 1 unspecified atom stereocenters. The zero-order chi connectivity index (χ0) is 24.0. The first-order valence-electron chi connectivity index (χ1n) is 10.6. The molecule has 170 valence electrons. The van der Waals surface area contributed by atoms with Crippen LogP contribution in [0.2, 0.25) is 0 Å². The van der Waals surface area contributed by atoms with Crippen molar-refractivity contribution in [3.8, 4) is 5.88 Å². The summed E-state index contributed by atoms with van der Waals surface area (Å²) in [5, 5.41) is 18.0. The van der Waals surface area contributed by atoms with Gasteiger partial charge in [0.1, 0.15) is 11.4 Å². The van der Waals surface area contributed by atoms with Gasteiger partial charge in [-0.1, -0.05) is 18.2 Å². The number of para-hydroxylation sites is 1. The zero-order valence-electron chi connectivity index (χ0n) is 18.4. The van der Waals surface area contributed by atoms with E-state index in [0.29, 0.717) is 33.1 Å². The summed E-state index contributed by atoms with van der Waals surface area (Å²) < 4.78 is 21.3. The zero-order valence-corrected chi connectivity index (χ0v) is 18.4. The van der Waals surface area contributed by atoms with Crippen molar-refractivity contribution in [2.24, 2.45) is 0 Å². The molecule has 0 saturated carbocycles. The molecule has 2 N–H and O–H groups in total. The van der Waals surface area contributed by atoms with Crippen molar-refractivity contribution < 1.29 is 18.7 Å². The summed E-state index contributed by atoms with van der Waals surface area (Å²) in [4.78, 5) is 24.7. The maximum absolute atomic E-state index is 13.6. The Morgan fingerprint density at radius 3 is 2.74 bits per heavy atom. The van der Waals surface area contributed by atoms with E-state index in [9.17, 15) is 19.1 Å². The summed E-state index contributed by atoms with van der Waals surface area (Å²) >= 11 is 0. The quantitative estimate of drug-likeness (QED) is 0.364. The number of rotatable bonds is 5. The third-order valence-corrected chi connectivity index (χ3v) is 5.72. The molecule has 0 spiro atoms. The van der Waals surface area contributed by atoms with Gasteiger partial charge in [-0.15, -0.1) is 0 Å². The number of benzene rings is 3. The van der Waals surface area contributed by atoms with Crippen LogP contribution in [0.1, 0.15) is 34.5 Å². The van der Waals surface area contributed by atoms with E-state index in [-0.39, 0.29) is 28.7 Å². The number of hydrogen-bond donors (Lipinski definition) is 2. The lowest BCUT2D eigenvalue weighted by Gasteiger charge is -2.19. The predicted octanol–water partition coefficient (Wildman–Crippen LogP) is 5.45. The maximum atomic E-state index is 13.6. The number of carbonyl (C=O) groups is 1. The average molecular weight is 457 g/mol. The van der Waals surface area contributed by atoms with Crippen molar-refractivity contribution in [2.45, 2.75) is 19.9 Å². The molecule has 0 aliphatic carbocycles. The minimum atomic E-state index is -1.04. The molecule has 7 nitrogen and oxygen atoms in total. The Kier molecular flexibility index (Phi) is 5.13. The molecule has 1 atom stereocenters. The van der Waals surface area contributed by atoms with Crippen molar-refractivity contribution in [2.75, 3.05) is 5.32 Å². The summed E-state index contributed by atoms with van der Waals surface area (Å²) in [5.41, 5.74) is 2.87. The first kappa shape index (κ1) is 21.4. The van der Waals surface area contributed by atoms with Crippen molar-refractivity contribution in [1.82, 2.24) is 9.78 Å². The molecular formula is C26H20FN3O4. The highest BCUT2D eigenvalue weighted by molar-refractivity contribution is 5.94. The van der Waals surface area contributed by atoms with Gasteiger partial charge in [-0.05, 0) is 55.8 Å². The number of carboxylic acids is 1. The number of halogens is 1. The highest BCUT2D eigenvalue weighted by Crippen LogP contribution is 2.30. The second-order valence-electron chi connectivity index (χ2n) is 8.16. The molecule has 2 heterocycles. The molecule has 34 heavy (non-hydrogen) atoms. The van der Waals surface area contributed by atoms with Crippen LogP contribution in [0.5, 0.6) is 0 Å². The molecule has 0 amide bonds. The number of nitrogens with zero attached hydrogens (tertiary/aromatic N) is 2. The average Bonchev–Trinajstić information content (AvgIpc) is 3.22. The monoisotopic (exact) mass is 457 g/mol.